The number of carbonyl (C=O) groups is 1. The van der Waals surface area contributed by atoms with E-state index in [1.165, 1.54) is 11.1 Å². The predicted octanol–water partition coefficient (Wildman–Crippen LogP) is 2.16. The molecule has 1 unspecified atom stereocenters. The van der Waals surface area contributed by atoms with Crippen LogP contribution in [0, 0.1) is 6.92 Å². The minimum atomic E-state index is -0.113. The number of ether oxygens (including phenoxy) is 1. The fraction of sp³-hybridized carbons (Fsp3) is 0.364. The normalized spacial score (nSPS) is 20.8. The molecule has 0 radical (unpaired) electrons. The maximum absolute atomic E-state index is 11.2. The van der Waals surface area contributed by atoms with Crippen LogP contribution in [0.5, 0.6) is 0 Å². The van der Waals surface area contributed by atoms with Gasteiger partial charge >= 0.3 is 5.97 Å². The summed E-state index contributed by atoms with van der Waals surface area (Å²) in [5.74, 6) is -0.221. The van der Waals surface area contributed by atoms with E-state index in [1.807, 2.05) is 32.0 Å². The van der Waals surface area contributed by atoms with Gasteiger partial charge in [-0.15, -0.1) is 0 Å². The molecule has 1 heterocycles. The molecule has 0 aliphatic carbocycles. The highest BCUT2D eigenvalue weighted by Gasteiger charge is 2.25. The zero-order chi connectivity index (χ0) is 9.42. The van der Waals surface area contributed by atoms with E-state index in [-0.39, 0.29) is 11.9 Å². The first-order valence-electron chi connectivity index (χ1n) is 4.45. The van der Waals surface area contributed by atoms with Crippen molar-refractivity contribution in [1.82, 2.24) is 0 Å². The van der Waals surface area contributed by atoms with Crippen molar-refractivity contribution < 1.29 is 9.53 Å². The van der Waals surface area contributed by atoms with E-state index in [2.05, 4.69) is 0 Å². The van der Waals surface area contributed by atoms with E-state index >= 15 is 0 Å². The zero-order valence-corrected chi connectivity index (χ0v) is 7.83. The fourth-order valence-electron chi connectivity index (χ4n) is 1.72. The fourth-order valence-corrected chi connectivity index (χ4v) is 1.72. The molecule has 0 amide bonds. The molecule has 1 aromatic carbocycles. The molecule has 2 rings (SSSR count). The van der Waals surface area contributed by atoms with Crippen LogP contribution in [-0.4, -0.2) is 5.97 Å². The second-order valence-corrected chi connectivity index (χ2v) is 3.47. The van der Waals surface area contributed by atoms with Crippen molar-refractivity contribution in [2.45, 2.75) is 26.4 Å². The van der Waals surface area contributed by atoms with Crippen molar-refractivity contribution >= 4 is 5.97 Å². The average Bonchev–Trinajstić information content (AvgIpc) is 2.12. The Balaban J connectivity index is 2.55. The number of rotatable bonds is 0. The first-order chi connectivity index (χ1) is 6.20. The summed E-state index contributed by atoms with van der Waals surface area (Å²) in [6, 6.07) is 6.04. The molecule has 1 aliphatic heterocycles. The van der Waals surface area contributed by atoms with Gasteiger partial charge in [-0.1, -0.05) is 18.2 Å². The molecule has 0 bridgehead atoms. The van der Waals surface area contributed by atoms with Crippen molar-refractivity contribution in [3.8, 4) is 0 Å². The average molecular weight is 176 g/mol. The maximum Gasteiger partial charge on any atom is 0.313 e. The van der Waals surface area contributed by atoms with Crippen LogP contribution >= 0.6 is 0 Å². The summed E-state index contributed by atoms with van der Waals surface area (Å²) >= 11 is 0. The summed E-state index contributed by atoms with van der Waals surface area (Å²) in [6.07, 6.45) is 0. The highest BCUT2D eigenvalue weighted by atomic mass is 16.5. The van der Waals surface area contributed by atoms with Crippen molar-refractivity contribution in [1.29, 1.82) is 0 Å². The Morgan fingerprint density at radius 3 is 3.00 bits per heavy atom. The van der Waals surface area contributed by atoms with Crippen LogP contribution < -0.4 is 0 Å². The molecule has 1 atom stereocenters. The van der Waals surface area contributed by atoms with Crippen LogP contribution in [0.25, 0.3) is 0 Å². The Morgan fingerprint density at radius 1 is 1.46 bits per heavy atom. The molecule has 0 fully saturated rings. The van der Waals surface area contributed by atoms with Crippen molar-refractivity contribution in [2.24, 2.45) is 0 Å². The molecule has 0 aromatic heterocycles. The quantitative estimate of drug-likeness (QED) is 0.566. The van der Waals surface area contributed by atoms with E-state index in [9.17, 15) is 4.79 Å². The van der Waals surface area contributed by atoms with E-state index in [0.29, 0.717) is 6.61 Å². The minimum Gasteiger partial charge on any atom is -0.460 e. The molecule has 2 nitrogen and oxygen atoms in total. The molecule has 0 N–H and O–H groups in total. The molecule has 1 aromatic rings. The summed E-state index contributed by atoms with van der Waals surface area (Å²) < 4.78 is 5.06. The lowest BCUT2D eigenvalue weighted by molar-refractivity contribution is -0.147. The lowest BCUT2D eigenvalue weighted by Crippen LogP contribution is -2.21. The number of fused-ring (bicyclic) bond motifs is 1. The standard InChI is InChI=1S/C11H12O2/c1-7-4-3-5-9-8(2)11(12)13-6-10(7)9/h3-5,8H,6H2,1-2H3. The first kappa shape index (κ1) is 8.30. The largest absolute Gasteiger partial charge is 0.460 e. The van der Waals surface area contributed by atoms with Gasteiger partial charge in [0.2, 0.25) is 0 Å². The van der Waals surface area contributed by atoms with Gasteiger partial charge in [0.1, 0.15) is 6.61 Å². The molecule has 68 valence electrons. The van der Waals surface area contributed by atoms with Gasteiger partial charge in [-0.3, -0.25) is 4.79 Å². The van der Waals surface area contributed by atoms with Crippen LogP contribution in [0.2, 0.25) is 0 Å². The highest BCUT2D eigenvalue weighted by Crippen LogP contribution is 2.28. The molecule has 1 aliphatic rings. The third kappa shape index (κ3) is 1.22. The Labute approximate surface area is 77.5 Å². The van der Waals surface area contributed by atoms with Crippen LogP contribution in [0.4, 0.5) is 0 Å². The zero-order valence-electron chi connectivity index (χ0n) is 7.83. The smallest absolute Gasteiger partial charge is 0.313 e. The number of esters is 1. The van der Waals surface area contributed by atoms with Gasteiger partial charge in [-0.25, -0.2) is 0 Å². The summed E-state index contributed by atoms with van der Waals surface area (Å²) in [6.45, 7) is 4.37. The number of benzene rings is 1. The molecule has 13 heavy (non-hydrogen) atoms. The third-order valence-electron chi connectivity index (χ3n) is 2.63. The maximum atomic E-state index is 11.2. The Kier molecular flexibility index (Phi) is 1.83. The van der Waals surface area contributed by atoms with Crippen molar-refractivity contribution in [3.63, 3.8) is 0 Å². The van der Waals surface area contributed by atoms with Gasteiger partial charge in [0, 0.05) is 0 Å². The molecular weight excluding hydrogens is 164 g/mol. The van der Waals surface area contributed by atoms with Crippen molar-refractivity contribution in [2.75, 3.05) is 0 Å². The molecule has 0 spiro atoms. The topological polar surface area (TPSA) is 26.3 Å². The molecule has 2 heteroatoms. The Bertz CT molecular complexity index is 355. The number of cyclic esters (lactones) is 1. The SMILES string of the molecule is Cc1cccc2c1COC(=O)C2C. The molecule has 0 saturated carbocycles. The minimum absolute atomic E-state index is 0.108. The van der Waals surface area contributed by atoms with Crippen LogP contribution in [0.3, 0.4) is 0 Å². The lowest BCUT2D eigenvalue weighted by Gasteiger charge is -2.22. The van der Waals surface area contributed by atoms with Crippen LogP contribution in [0.1, 0.15) is 29.5 Å². The second-order valence-electron chi connectivity index (χ2n) is 3.47. The van der Waals surface area contributed by atoms with Gasteiger partial charge in [0.15, 0.2) is 0 Å². The van der Waals surface area contributed by atoms with E-state index < -0.39 is 0 Å². The third-order valence-corrected chi connectivity index (χ3v) is 2.63. The van der Waals surface area contributed by atoms with Gasteiger partial charge in [0.05, 0.1) is 5.92 Å². The Morgan fingerprint density at radius 2 is 2.23 bits per heavy atom. The number of carbonyl (C=O) groups excluding carboxylic acids is 1. The number of hydrogen-bond acceptors (Lipinski definition) is 2. The van der Waals surface area contributed by atoms with Crippen molar-refractivity contribution in [3.05, 3.63) is 34.9 Å². The second kappa shape index (κ2) is 2.87. The van der Waals surface area contributed by atoms with Crippen LogP contribution in [-0.2, 0) is 16.1 Å². The van der Waals surface area contributed by atoms with Gasteiger partial charge in [0.25, 0.3) is 0 Å². The van der Waals surface area contributed by atoms with Crippen LogP contribution in [0.15, 0.2) is 18.2 Å². The van der Waals surface area contributed by atoms with Gasteiger partial charge in [-0.2, -0.15) is 0 Å². The summed E-state index contributed by atoms with van der Waals surface area (Å²) in [5, 5.41) is 0. The molecule has 0 saturated heterocycles. The predicted molar refractivity (Wildman–Crippen MR) is 49.4 cm³/mol. The first-order valence-corrected chi connectivity index (χ1v) is 4.45. The molecular formula is C11H12O2. The number of hydrogen-bond donors (Lipinski definition) is 0. The number of aryl methyl sites for hydroxylation is 1. The summed E-state index contributed by atoms with van der Waals surface area (Å²) in [4.78, 5) is 11.2. The van der Waals surface area contributed by atoms with E-state index in [4.69, 9.17) is 4.74 Å². The Hall–Kier alpha value is -1.31. The van der Waals surface area contributed by atoms with Gasteiger partial charge in [-0.05, 0) is 30.5 Å². The summed E-state index contributed by atoms with van der Waals surface area (Å²) in [7, 11) is 0. The monoisotopic (exact) mass is 176 g/mol. The summed E-state index contributed by atoms with van der Waals surface area (Å²) in [5.41, 5.74) is 3.50. The lowest BCUT2D eigenvalue weighted by atomic mass is 9.91. The highest BCUT2D eigenvalue weighted by molar-refractivity contribution is 5.79. The van der Waals surface area contributed by atoms with Gasteiger partial charge < -0.3 is 4.74 Å². The van der Waals surface area contributed by atoms with E-state index in [1.54, 1.807) is 0 Å². The van der Waals surface area contributed by atoms with E-state index in [0.717, 1.165) is 5.56 Å².